The van der Waals surface area contributed by atoms with Crippen molar-refractivity contribution in [1.82, 2.24) is 0 Å². The van der Waals surface area contributed by atoms with Crippen LogP contribution in [0.15, 0.2) is 109 Å². The van der Waals surface area contributed by atoms with Gasteiger partial charge in [-0.3, -0.25) is 0 Å². The zero-order valence-electron chi connectivity index (χ0n) is 24.0. The molecule has 3 aromatic carbocycles. The standard InChI is InChI=1S/C28H28O3.C7H12O2/c1-3-30-22(2)31-28-19-15-26(16-20-28)21-25(11-9-23-7-5-4-6-8-23)12-10-24-13-17-27(29)18-14-24;1-5-6(8)9-7(2,3)4/h4-22,29H,3H2,1-2H3;5H,1H2,2-4H3. The minimum atomic E-state index is -0.398. The predicted molar refractivity (Wildman–Crippen MR) is 165 cm³/mol. The van der Waals surface area contributed by atoms with Gasteiger partial charge in [0.1, 0.15) is 17.1 Å². The van der Waals surface area contributed by atoms with Crippen molar-refractivity contribution in [2.75, 3.05) is 6.61 Å². The summed E-state index contributed by atoms with van der Waals surface area (Å²) < 4.78 is 16.0. The molecular weight excluding hydrogens is 500 g/mol. The minimum absolute atomic E-state index is 0.262. The van der Waals surface area contributed by atoms with E-state index in [2.05, 4.69) is 43.0 Å². The maximum absolute atomic E-state index is 10.5. The van der Waals surface area contributed by atoms with Crippen LogP contribution in [0.5, 0.6) is 11.5 Å². The highest BCUT2D eigenvalue weighted by Crippen LogP contribution is 2.19. The van der Waals surface area contributed by atoms with Gasteiger partial charge in [-0.05, 0) is 87.2 Å². The molecule has 0 saturated heterocycles. The molecule has 0 aliphatic heterocycles. The molecule has 0 amide bonds. The van der Waals surface area contributed by atoms with Gasteiger partial charge in [-0.1, -0.05) is 85.5 Å². The first-order valence-corrected chi connectivity index (χ1v) is 13.2. The van der Waals surface area contributed by atoms with Crippen LogP contribution in [0.4, 0.5) is 0 Å². The zero-order valence-corrected chi connectivity index (χ0v) is 24.0. The van der Waals surface area contributed by atoms with Crippen LogP contribution in [-0.2, 0) is 14.3 Å². The number of allylic oxidation sites excluding steroid dienone is 3. The molecule has 1 unspecified atom stereocenters. The molecule has 0 fully saturated rings. The smallest absolute Gasteiger partial charge is 0.330 e. The summed E-state index contributed by atoms with van der Waals surface area (Å²) in [5, 5.41) is 9.48. The van der Waals surface area contributed by atoms with Crippen LogP contribution in [0.25, 0.3) is 18.2 Å². The van der Waals surface area contributed by atoms with Gasteiger partial charge in [0.25, 0.3) is 0 Å². The molecule has 0 saturated carbocycles. The topological polar surface area (TPSA) is 65.0 Å². The number of benzene rings is 3. The van der Waals surface area contributed by atoms with E-state index in [1.807, 2.05) is 95.3 Å². The van der Waals surface area contributed by atoms with Crippen molar-refractivity contribution in [2.45, 2.75) is 46.5 Å². The van der Waals surface area contributed by atoms with Crippen LogP contribution in [0.3, 0.4) is 0 Å². The molecule has 5 heteroatoms. The van der Waals surface area contributed by atoms with E-state index >= 15 is 0 Å². The summed E-state index contributed by atoms with van der Waals surface area (Å²) >= 11 is 0. The van der Waals surface area contributed by atoms with Gasteiger partial charge < -0.3 is 19.3 Å². The van der Waals surface area contributed by atoms with E-state index in [0.29, 0.717) is 6.61 Å². The molecule has 3 rings (SSSR count). The lowest BCUT2D eigenvalue weighted by molar-refractivity contribution is -0.148. The van der Waals surface area contributed by atoms with E-state index in [0.717, 1.165) is 34.1 Å². The highest BCUT2D eigenvalue weighted by molar-refractivity contribution is 5.81. The average Bonchev–Trinajstić information content (AvgIpc) is 2.92. The Kier molecular flexibility index (Phi) is 13.2. The van der Waals surface area contributed by atoms with E-state index in [9.17, 15) is 9.90 Å². The highest BCUT2D eigenvalue weighted by atomic mass is 16.7. The molecule has 0 bridgehead atoms. The van der Waals surface area contributed by atoms with Crippen molar-refractivity contribution >= 4 is 24.2 Å². The molecule has 0 aliphatic rings. The second kappa shape index (κ2) is 16.6. The lowest BCUT2D eigenvalue weighted by Gasteiger charge is -2.17. The second-order valence-corrected chi connectivity index (χ2v) is 9.76. The van der Waals surface area contributed by atoms with Gasteiger partial charge >= 0.3 is 5.97 Å². The number of phenols is 1. The molecular formula is C35H40O5. The largest absolute Gasteiger partial charge is 0.508 e. The Morgan fingerprint density at radius 3 is 1.93 bits per heavy atom. The van der Waals surface area contributed by atoms with Crippen molar-refractivity contribution in [1.29, 1.82) is 0 Å². The number of hydrogen-bond donors (Lipinski definition) is 1. The Hall–Kier alpha value is -4.35. The average molecular weight is 541 g/mol. The first-order valence-electron chi connectivity index (χ1n) is 13.2. The first kappa shape index (κ1) is 31.9. The van der Waals surface area contributed by atoms with Gasteiger partial charge in [0.15, 0.2) is 6.29 Å². The van der Waals surface area contributed by atoms with Crippen LogP contribution < -0.4 is 4.74 Å². The van der Waals surface area contributed by atoms with Gasteiger partial charge in [0.05, 0.1) is 0 Å². The van der Waals surface area contributed by atoms with Crippen LogP contribution in [0.1, 0.15) is 51.3 Å². The maximum Gasteiger partial charge on any atom is 0.330 e. The molecule has 40 heavy (non-hydrogen) atoms. The monoisotopic (exact) mass is 540 g/mol. The van der Waals surface area contributed by atoms with Crippen molar-refractivity contribution in [2.24, 2.45) is 0 Å². The number of esters is 1. The molecule has 0 heterocycles. The lowest BCUT2D eigenvalue weighted by atomic mass is 10.1. The van der Waals surface area contributed by atoms with Gasteiger partial charge in [-0.25, -0.2) is 4.79 Å². The summed E-state index contributed by atoms with van der Waals surface area (Å²) in [6, 6.07) is 25.3. The van der Waals surface area contributed by atoms with Crippen LogP contribution in [0.2, 0.25) is 0 Å². The summed E-state index contributed by atoms with van der Waals surface area (Å²) in [5.41, 5.74) is 3.88. The fourth-order valence-corrected chi connectivity index (χ4v) is 3.33. The zero-order chi connectivity index (χ0) is 29.4. The molecule has 0 radical (unpaired) electrons. The van der Waals surface area contributed by atoms with E-state index in [1.165, 1.54) is 0 Å². The Labute approximate surface area is 238 Å². The number of carbonyl (C=O) groups is 1. The van der Waals surface area contributed by atoms with Crippen molar-refractivity contribution in [3.05, 3.63) is 126 Å². The van der Waals surface area contributed by atoms with Gasteiger partial charge in [-0.15, -0.1) is 0 Å². The fourth-order valence-electron chi connectivity index (χ4n) is 3.33. The summed E-state index contributed by atoms with van der Waals surface area (Å²) in [4.78, 5) is 10.5. The normalized spacial score (nSPS) is 12.5. The van der Waals surface area contributed by atoms with Gasteiger partial charge in [0, 0.05) is 12.7 Å². The van der Waals surface area contributed by atoms with Crippen LogP contribution >= 0.6 is 0 Å². The minimum Gasteiger partial charge on any atom is -0.508 e. The van der Waals surface area contributed by atoms with Crippen LogP contribution in [0, 0.1) is 0 Å². The fraction of sp³-hybridized carbons (Fsp3) is 0.229. The molecule has 210 valence electrons. The second-order valence-electron chi connectivity index (χ2n) is 9.76. The SMILES string of the molecule is C=CC(=O)OC(C)(C)C.CCOC(C)Oc1ccc(C=C(C=Cc2ccccc2)C=Cc2ccc(O)cc2)cc1. The van der Waals surface area contributed by atoms with Gasteiger partial charge in [0.2, 0.25) is 0 Å². The molecule has 0 aromatic heterocycles. The summed E-state index contributed by atoms with van der Waals surface area (Å²) in [5.74, 6) is 0.666. The number of aromatic hydroxyl groups is 1. The van der Waals surface area contributed by atoms with E-state index in [1.54, 1.807) is 12.1 Å². The summed E-state index contributed by atoms with van der Waals surface area (Å²) in [6.07, 6.45) is 11.3. The van der Waals surface area contributed by atoms with E-state index < -0.39 is 5.60 Å². The number of ether oxygens (including phenoxy) is 3. The Bertz CT molecular complexity index is 1260. The van der Waals surface area contributed by atoms with Gasteiger partial charge in [-0.2, -0.15) is 0 Å². The highest BCUT2D eigenvalue weighted by Gasteiger charge is 2.13. The number of rotatable bonds is 10. The lowest BCUT2D eigenvalue weighted by Crippen LogP contribution is -2.22. The third-order valence-electron chi connectivity index (χ3n) is 5.12. The van der Waals surface area contributed by atoms with E-state index in [4.69, 9.17) is 14.2 Å². The summed E-state index contributed by atoms with van der Waals surface area (Å²) in [7, 11) is 0. The quantitative estimate of drug-likeness (QED) is 0.121. The molecule has 5 nitrogen and oxygen atoms in total. The summed E-state index contributed by atoms with van der Waals surface area (Å²) in [6.45, 7) is 13.2. The molecule has 0 aliphatic carbocycles. The molecule has 0 spiro atoms. The molecule has 1 atom stereocenters. The third-order valence-corrected chi connectivity index (χ3v) is 5.12. The van der Waals surface area contributed by atoms with Crippen molar-refractivity contribution in [3.8, 4) is 11.5 Å². The first-order chi connectivity index (χ1) is 19.1. The van der Waals surface area contributed by atoms with Crippen molar-refractivity contribution in [3.63, 3.8) is 0 Å². The van der Waals surface area contributed by atoms with Crippen molar-refractivity contribution < 1.29 is 24.1 Å². The number of carbonyl (C=O) groups excluding carboxylic acids is 1. The predicted octanol–water partition coefficient (Wildman–Crippen LogP) is 8.48. The number of hydrogen-bond acceptors (Lipinski definition) is 5. The number of phenolic OH excluding ortho intramolecular Hbond substituents is 1. The Morgan fingerprint density at radius 2 is 1.43 bits per heavy atom. The van der Waals surface area contributed by atoms with Crippen LogP contribution in [-0.4, -0.2) is 29.6 Å². The Morgan fingerprint density at radius 1 is 0.875 bits per heavy atom. The molecule has 3 aromatic rings. The molecule has 1 N–H and O–H groups in total. The van der Waals surface area contributed by atoms with E-state index in [-0.39, 0.29) is 18.0 Å². The third kappa shape index (κ3) is 13.4. The Balaban J connectivity index is 0.000000536. The maximum atomic E-state index is 10.5.